The fourth-order valence-electron chi connectivity index (χ4n) is 1.53. The van der Waals surface area contributed by atoms with Crippen LogP contribution >= 0.6 is 0 Å². The minimum absolute atomic E-state index is 0.0144. The molecule has 0 radical (unpaired) electrons. The Hall–Kier alpha value is -1.85. The zero-order valence-corrected chi connectivity index (χ0v) is 10.8. The lowest BCUT2D eigenvalue weighted by atomic mass is 10.3. The largest absolute Gasteiger partial charge is 0.361 e. The quantitative estimate of drug-likeness (QED) is 0.698. The summed E-state index contributed by atoms with van der Waals surface area (Å²) in [4.78, 5) is 20.0. The second-order valence-corrected chi connectivity index (χ2v) is 4.45. The lowest BCUT2D eigenvalue weighted by molar-refractivity contribution is -0.119. The van der Waals surface area contributed by atoms with E-state index in [4.69, 9.17) is 0 Å². The summed E-state index contributed by atoms with van der Waals surface area (Å²) >= 11 is 0. The van der Waals surface area contributed by atoms with E-state index >= 15 is 0 Å². The average molecular weight is 249 g/mol. The van der Waals surface area contributed by atoms with E-state index in [1.807, 2.05) is 13.8 Å². The van der Waals surface area contributed by atoms with Gasteiger partial charge in [-0.2, -0.15) is 4.98 Å². The third-order valence-corrected chi connectivity index (χ3v) is 2.67. The SMILES string of the molecule is CCNc1ncc(C)c(NCC(=O)NC2CC2)n1. The standard InChI is InChI=1S/C12H19N5O/c1-3-13-12-15-6-8(2)11(17-12)14-7-10(18)16-9-4-5-9/h6,9H,3-5,7H2,1-2H3,(H,16,18)(H2,13,14,15,17). The monoisotopic (exact) mass is 249 g/mol. The highest BCUT2D eigenvalue weighted by molar-refractivity contribution is 5.81. The van der Waals surface area contributed by atoms with Gasteiger partial charge in [-0.1, -0.05) is 0 Å². The molecule has 1 aliphatic rings. The molecule has 1 heterocycles. The fourth-order valence-corrected chi connectivity index (χ4v) is 1.53. The number of nitrogens with zero attached hydrogens (tertiary/aromatic N) is 2. The lowest BCUT2D eigenvalue weighted by Crippen LogP contribution is -2.31. The van der Waals surface area contributed by atoms with E-state index in [9.17, 15) is 4.79 Å². The lowest BCUT2D eigenvalue weighted by Gasteiger charge is -2.10. The van der Waals surface area contributed by atoms with E-state index in [-0.39, 0.29) is 12.5 Å². The number of carbonyl (C=O) groups excluding carboxylic acids is 1. The van der Waals surface area contributed by atoms with Crippen molar-refractivity contribution in [3.05, 3.63) is 11.8 Å². The van der Waals surface area contributed by atoms with Crippen LogP contribution in [0.15, 0.2) is 6.20 Å². The normalized spacial score (nSPS) is 14.1. The molecular formula is C12H19N5O. The molecule has 1 amide bonds. The van der Waals surface area contributed by atoms with Gasteiger partial charge in [-0.25, -0.2) is 4.98 Å². The Morgan fingerprint density at radius 3 is 2.89 bits per heavy atom. The molecule has 1 fully saturated rings. The molecule has 1 saturated carbocycles. The van der Waals surface area contributed by atoms with Gasteiger partial charge in [-0.15, -0.1) is 0 Å². The first kappa shape index (κ1) is 12.6. The van der Waals surface area contributed by atoms with Crippen LogP contribution in [0.3, 0.4) is 0 Å². The number of aryl methyl sites for hydroxylation is 1. The van der Waals surface area contributed by atoms with Crippen molar-refractivity contribution in [2.75, 3.05) is 23.7 Å². The molecule has 6 heteroatoms. The molecule has 18 heavy (non-hydrogen) atoms. The van der Waals surface area contributed by atoms with Crippen molar-refractivity contribution >= 4 is 17.7 Å². The van der Waals surface area contributed by atoms with Crippen molar-refractivity contribution in [3.8, 4) is 0 Å². The third-order valence-electron chi connectivity index (χ3n) is 2.67. The molecule has 3 N–H and O–H groups in total. The van der Waals surface area contributed by atoms with Crippen LogP contribution < -0.4 is 16.0 Å². The Bertz CT molecular complexity index is 430. The predicted octanol–water partition coefficient (Wildman–Crippen LogP) is 0.907. The second kappa shape index (κ2) is 5.66. The van der Waals surface area contributed by atoms with Gasteiger partial charge in [-0.3, -0.25) is 4.79 Å². The Kier molecular flexibility index (Phi) is 3.96. The molecule has 98 valence electrons. The molecule has 0 spiro atoms. The van der Waals surface area contributed by atoms with E-state index in [0.717, 1.165) is 24.9 Å². The summed E-state index contributed by atoms with van der Waals surface area (Å²) in [7, 11) is 0. The summed E-state index contributed by atoms with van der Waals surface area (Å²) in [5.74, 6) is 1.29. The number of aromatic nitrogens is 2. The van der Waals surface area contributed by atoms with Crippen LogP contribution in [0.4, 0.5) is 11.8 Å². The molecule has 0 atom stereocenters. The van der Waals surface area contributed by atoms with Gasteiger partial charge < -0.3 is 16.0 Å². The van der Waals surface area contributed by atoms with Crippen LogP contribution in [0.25, 0.3) is 0 Å². The highest BCUT2D eigenvalue weighted by Crippen LogP contribution is 2.18. The number of nitrogens with one attached hydrogen (secondary N) is 3. The number of amides is 1. The molecule has 1 aromatic rings. The summed E-state index contributed by atoms with van der Waals surface area (Å²) < 4.78 is 0. The Morgan fingerprint density at radius 2 is 2.22 bits per heavy atom. The van der Waals surface area contributed by atoms with E-state index < -0.39 is 0 Å². The van der Waals surface area contributed by atoms with E-state index in [1.165, 1.54) is 0 Å². The average Bonchev–Trinajstić information content (AvgIpc) is 3.14. The van der Waals surface area contributed by atoms with Crippen molar-refractivity contribution in [2.24, 2.45) is 0 Å². The van der Waals surface area contributed by atoms with Gasteiger partial charge in [0.25, 0.3) is 0 Å². The summed E-state index contributed by atoms with van der Waals surface area (Å²) in [6.07, 6.45) is 3.94. The van der Waals surface area contributed by atoms with E-state index in [2.05, 4.69) is 25.9 Å². The first-order valence-electron chi connectivity index (χ1n) is 6.29. The molecule has 0 saturated heterocycles. The zero-order chi connectivity index (χ0) is 13.0. The molecular weight excluding hydrogens is 230 g/mol. The Balaban J connectivity index is 1.90. The molecule has 2 rings (SSSR count). The maximum absolute atomic E-state index is 11.6. The molecule has 1 aromatic heterocycles. The minimum atomic E-state index is 0.0144. The third kappa shape index (κ3) is 3.58. The number of rotatable bonds is 6. The number of carbonyl (C=O) groups is 1. The van der Waals surface area contributed by atoms with Crippen LogP contribution in [0.5, 0.6) is 0 Å². The van der Waals surface area contributed by atoms with Crippen LogP contribution in [0, 0.1) is 6.92 Å². The molecule has 0 bridgehead atoms. The van der Waals surface area contributed by atoms with Crippen LogP contribution in [-0.2, 0) is 4.79 Å². The van der Waals surface area contributed by atoms with Crippen molar-refractivity contribution in [3.63, 3.8) is 0 Å². The van der Waals surface area contributed by atoms with Gasteiger partial charge in [0, 0.05) is 24.3 Å². The summed E-state index contributed by atoms with van der Waals surface area (Å²) in [6.45, 7) is 4.92. The Morgan fingerprint density at radius 1 is 1.44 bits per heavy atom. The minimum Gasteiger partial charge on any atom is -0.361 e. The second-order valence-electron chi connectivity index (χ2n) is 4.45. The van der Waals surface area contributed by atoms with Gasteiger partial charge in [-0.05, 0) is 26.7 Å². The van der Waals surface area contributed by atoms with Crippen LogP contribution in [0.1, 0.15) is 25.3 Å². The zero-order valence-electron chi connectivity index (χ0n) is 10.8. The summed E-state index contributed by atoms with van der Waals surface area (Å²) in [5.41, 5.74) is 0.927. The molecule has 1 aliphatic carbocycles. The summed E-state index contributed by atoms with van der Waals surface area (Å²) in [6, 6.07) is 0.392. The van der Waals surface area contributed by atoms with Crippen molar-refractivity contribution in [2.45, 2.75) is 32.7 Å². The number of hydrogen-bond acceptors (Lipinski definition) is 5. The highest BCUT2D eigenvalue weighted by atomic mass is 16.2. The molecule has 6 nitrogen and oxygen atoms in total. The van der Waals surface area contributed by atoms with Gasteiger partial charge in [0.1, 0.15) is 5.82 Å². The van der Waals surface area contributed by atoms with Gasteiger partial charge in [0.05, 0.1) is 6.54 Å². The smallest absolute Gasteiger partial charge is 0.239 e. The van der Waals surface area contributed by atoms with Crippen LogP contribution in [0.2, 0.25) is 0 Å². The number of hydrogen-bond donors (Lipinski definition) is 3. The summed E-state index contributed by atoms with van der Waals surface area (Å²) in [5, 5.41) is 9.01. The van der Waals surface area contributed by atoms with E-state index in [1.54, 1.807) is 6.20 Å². The van der Waals surface area contributed by atoms with E-state index in [0.29, 0.717) is 17.8 Å². The molecule has 0 aliphatic heterocycles. The first-order valence-corrected chi connectivity index (χ1v) is 6.29. The molecule has 0 aromatic carbocycles. The topological polar surface area (TPSA) is 78.9 Å². The van der Waals surface area contributed by atoms with Crippen LogP contribution in [-0.4, -0.2) is 35.0 Å². The maximum atomic E-state index is 11.6. The van der Waals surface area contributed by atoms with Crippen molar-refractivity contribution in [1.29, 1.82) is 0 Å². The number of anilines is 2. The van der Waals surface area contributed by atoms with Gasteiger partial charge in [0.15, 0.2) is 0 Å². The van der Waals surface area contributed by atoms with Crippen molar-refractivity contribution in [1.82, 2.24) is 15.3 Å². The first-order chi connectivity index (χ1) is 8.69. The highest BCUT2D eigenvalue weighted by Gasteiger charge is 2.22. The van der Waals surface area contributed by atoms with Gasteiger partial charge >= 0.3 is 0 Å². The Labute approximate surface area is 107 Å². The fraction of sp³-hybridized carbons (Fsp3) is 0.583. The van der Waals surface area contributed by atoms with Gasteiger partial charge in [0.2, 0.25) is 11.9 Å². The maximum Gasteiger partial charge on any atom is 0.239 e. The van der Waals surface area contributed by atoms with Crippen molar-refractivity contribution < 1.29 is 4.79 Å². The predicted molar refractivity (Wildman–Crippen MR) is 70.6 cm³/mol. The molecule has 0 unspecified atom stereocenters.